The summed E-state index contributed by atoms with van der Waals surface area (Å²) in [4.78, 5) is 12.1. The summed E-state index contributed by atoms with van der Waals surface area (Å²) in [5, 5.41) is 10.2. The minimum atomic E-state index is -0.526. The molecule has 0 aromatic carbocycles. The van der Waals surface area contributed by atoms with Crippen LogP contribution in [0.25, 0.3) is 0 Å². The van der Waals surface area contributed by atoms with E-state index in [1.807, 2.05) is 20.8 Å². The molecule has 0 radical (unpaired) electrons. The van der Waals surface area contributed by atoms with Gasteiger partial charge in [0.25, 0.3) is 0 Å². The highest BCUT2D eigenvalue weighted by molar-refractivity contribution is 5.84. The summed E-state index contributed by atoms with van der Waals surface area (Å²) in [5.41, 5.74) is -0.526. The molecule has 0 bridgehead atoms. The molecular weight excluding hydrogens is 212 g/mol. The second kappa shape index (κ2) is 8.68. The quantitative estimate of drug-likeness (QED) is 0.585. The van der Waals surface area contributed by atoms with Crippen LogP contribution in [0.2, 0.25) is 0 Å². The molecule has 2 heteroatoms. The highest BCUT2D eigenvalue weighted by Gasteiger charge is 2.37. The van der Waals surface area contributed by atoms with E-state index in [9.17, 15) is 9.90 Å². The SMILES string of the molecule is CCCCCC[C@@H](O)C(C)(CC)C(=O)CCC. The topological polar surface area (TPSA) is 37.3 Å². The molecule has 0 spiro atoms. The molecule has 0 fully saturated rings. The molecule has 1 unspecified atom stereocenters. The van der Waals surface area contributed by atoms with Crippen LogP contribution in [0.4, 0.5) is 0 Å². The lowest BCUT2D eigenvalue weighted by molar-refractivity contribution is -0.135. The largest absolute Gasteiger partial charge is 0.392 e. The number of aliphatic hydroxyl groups excluding tert-OH is 1. The van der Waals surface area contributed by atoms with Gasteiger partial charge in [0.1, 0.15) is 5.78 Å². The fourth-order valence-electron chi connectivity index (χ4n) is 2.21. The van der Waals surface area contributed by atoms with Gasteiger partial charge in [-0.1, -0.05) is 53.4 Å². The zero-order chi connectivity index (χ0) is 13.3. The molecule has 0 saturated carbocycles. The van der Waals surface area contributed by atoms with Crippen LogP contribution in [-0.4, -0.2) is 17.0 Å². The Kier molecular flexibility index (Phi) is 8.49. The van der Waals surface area contributed by atoms with Gasteiger partial charge in [-0.15, -0.1) is 0 Å². The van der Waals surface area contributed by atoms with E-state index in [1.54, 1.807) is 0 Å². The summed E-state index contributed by atoms with van der Waals surface area (Å²) >= 11 is 0. The standard InChI is InChI=1S/C15H30O2/c1-5-8-9-10-12-14(17)15(4,7-3)13(16)11-6-2/h14,17H,5-12H2,1-4H3/t14-,15?/m1/s1. The summed E-state index contributed by atoms with van der Waals surface area (Å²) in [6.45, 7) is 8.12. The number of ketones is 1. The monoisotopic (exact) mass is 242 g/mol. The summed E-state index contributed by atoms with van der Waals surface area (Å²) in [7, 11) is 0. The fourth-order valence-corrected chi connectivity index (χ4v) is 2.21. The Morgan fingerprint density at radius 1 is 1.12 bits per heavy atom. The molecule has 1 N–H and O–H groups in total. The van der Waals surface area contributed by atoms with Crippen LogP contribution in [0.3, 0.4) is 0 Å². The van der Waals surface area contributed by atoms with Crippen molar-refractivity contribution in [2.45, 2.75) is 85.2 Å². The van der Waals surface area contributed by atoms with Crippen molar-refractivity contribution < 1.29 is 9.90 Å². The minimum Gasteiger partial charge on any atom is -0.392 e. The highest BCUT2D eigenvalue weighted by Crippen LogP contribution is 2.32. The minimum absolute atomic E-state index is 0.227. The van der Waals surface area contributed by atoms with Crippen LogP contribution >= 0.6 is 0 Å². The average Bonchev–Trinajstić information content (AvgIpc) is 2.33. The van der Waals surface area contributed by atoms with Crippen molar-refractivity contribution in [2.24, 2.45) is 5.41 Å². The number of hydrogen-bond donors (Lipinski definition) is 1. The van der Waals surface area contributed by atoms with Crippen molar-refractivity contribution in [3.8, 4) is 0 Å². The Labute approximate surface area is 107 Å². The Hall–Kier alpha value is -0.370. The van der Waals surface area contributed by atoms with E-state index in [1.165, 1.54) is 12.8 Å². The molecule has 2 atom stereocenters. The summed E-state index contributed by atoms with van der Waals surface area (Å²) in [6, 6.07) is 0. The molecule has 17 heavy (non-hydrogen) atoms. The van der Waals surface area contributed by atoms with Gasteiger partial charge in [-0.25, -0.2) is 0 Å². The van der Waals surface area contributed by atoms with Gasteiger partial charge in [-0.2, -0.15) is 0 Å². The van der Waals surface area contributed by atoms with Gasteiger partial charge in [0.15, 0.2) is 0 Å². The average molecular weight is 242 g/mol. The molecule has 0 aliphatic rings. The van der Waals surface area contributed by atoms with E-state index in [0.29, 0.717) is 6.42 Å². The maximum Gasteiger partial charge on any atom is 0.141 e. The van der Waals surface area contributed by atoms with E-state index in [4.69, 9.17) is 0 Å². The number of carbonyl (C=O) groups excluding carboxylic acids is 1. The first-order valence-corrected chi connectivity index (χ1v) is 7.24. The van der Waals surface area contributed by atoms with Gasteiger partial charge >= 0.3 is 0 Å². The van der Waals surface area contributed by atoms with Crippen LogP contribution in [0, 0.1) is 5.41 Å². The van der Waals surface area contributed by atoms with Gasteiger partial charge < -0.3 is 5.11 Å². The number of hydrogen-bond acceptors (Lipinski definition) is 2. The summed E-state index contributed by atoms with van der Waals surface area (Å²) in [5.74, 6) is 0.227. The van der Waals surface area contributed by atoms with E-state index in [0.717, 1.165) is 32.1 Å². The molecule has 0 saturated heterocycles. The predicted molar refractivity (Wildman–Crippen MR) is 73.1 cm³/mol. The van der Waals surface area contributed by atoms with Crippen LogP contribution in [0.5, 0.6) is 0 Å². The lowest BCUT2D eigenvalue weighted by atomic mass is 9.74. The van der Waals surface area contributed by atoms with Crippen LogP contribution in [0.1, 0.15) is 79.1 Å². The molecular formula is C15H30O2. The van der Waals surface area contributed by atoms with Gasteiger partial charge in [-0.05, 0) is 19.3 Å². The maximum atomic E-state index is 12.1. The van der Waals surface area contributed by atoms with E-state index in [-0.39, 0.29) is 5.78 Å². The second-order valence-electron chi connectivity index (χ2n) is 5.31. The molecule has 0 aromatic heterocycles. The lowest BCUT2D eigenvalue weighted by Crippen LogP contribution is -2.39. The van der Waals surface area contributed by atoms with Crippen molar-refractivity contribution in [1.29, 1.82) is 0 Å². The third kappa shape index (κ3) is 5.20. The van der Waals surface area contributed by atoms with Crippen LogP contribution in [-0.2, 0) is 4.79 Å². The number of Topliss-reactive ketones (excluding diaryl/α,β-unsaturated/α-hetero) is 1. The normalized spacial score (nSPS) is 16.5. The molecule has 0 aliphatic heterocycles. The summed E-state index contributed by atoms with van der Waals surface area (Å²) < 4.78 is 0. The zero-order valence-corrected chi connectivity index (χ0v) is 12.1. The number of aliphatic hydroxyl groups is 1. The molecule has 102 valence electrons. The first-order valence-electron chi connectivity index (χ1n) is 7.24. The number of carbonyl (C=O) groups is 1. The van der Waals surface area contributed by atoms with Crippen molar-refractivity contribution in [3.05, 3.63) is 0 Å². The maximum absolute atomic E-state index is 12.1. The number of unbranched alkanes of at least 4 members (excludes halogenated alkanes) is 3. The van der Waals surface area contributed by atoms with Crippen molar-refractivity contribution in [2.75, 3.05) is 0 Å². The Morgan fingerprint density at radius 3 is 2.24 bits per heavy atom. The predicted octanol–water partition coefficient (Wildman–Crippen LogP) is 4.10. The zero-order valence-electron chi connectivity index (χ0n) is 12.1. The second-order valence-corrected chi connectivity index (χ2v) is 5.31. The van der Waals surface area contributed by atoms with Gasteiger partial charge in [0.05, 0.1) is 11.5 Å². The van der Waals surface area contributed by atoms with Crippen molar-refractivity contribution in [1.82, 2.24) is 0 Å². The molecule has 0 rings (SSSR count). The van der Waals surface area contributed by atoms with Crippen molar-refractivity contribution in [3.63, 3.8) is 0 Å². The fraction of sp³-hybridized carbons (Fsp3) is 0.933. The first-order chi connectivity index (χ1) is 8.02. The van der Waals surface area contributed by atoms with Crippen LogP contribution < -0.4 is 0 Å². The van der Waals surface area contributed by atoms with E-state index >= 15 is 0 Å². The third-order valence-corrected chi connectivity index (χ3v) is 3.92. The Balaban J connectivity index is 4.26. The van der Waals surface area contributed by atoms with Gasteiger partial charge in [-0.3, -0.25) is 4.79 Å². The highest BCUT2D eigenvalue weighted by atomic mass is 16.3. The molecule has 0 aliphatic carbocycles. The lowest BCUT2D eigenvalue weighted by Gasteiger charge is -2.32. The van der Waals surface area contributed by atoms with E-state index < -0.39 is 11.5 Å². The third-order valence-electron chi connectivity index (χ3n) is 3.92. The first kappa shape index (κ1) is 16.6. The van der Waals surface area contributed by atoms with Crippen LogP contribution in [0.15, 0.2) is 0 Å². The molecule has 0 aromatic rings. The molecule has 0 amide bonds. The Bertz CT molecular complexity index is 213. The van der Waals surface area contributed by atoms with Gasteiger partial charge in [0, 0.05) is 6.42 Å². The number of rotatable bonds is 10. The molecule has 0 heterocycles. The van der Waals surface area contributed by atoms with Crippen molar-refractivity contribution >= 4 is 5.78 Å². The Morgan fingerprint density at radius 2 is 1.76 bits per heavy atom. The summed E-state index contributed by atoms with van der Waals surface area (Å²) in [6.07, 6.45) is 7.12. The van der Waals surface area contributed by atoms with Gasteiger partial charge in [0.2, 0.25) is 0 Å². The van der Waals surface area contributed by atoms with E-state index in [2.05, 4.69) is 6.92 Å². The molecule has 2 nitrogen and oxygen atoms in total. The smallest absolute Gasteiger partial charge is 0.141 e.